The number of amides is 2. The second kappa shape index (κ2) is 12.2. The molecule has 3 atom stereocenters. The molecule has 2 saturated heterocycles. The third-order valence-corrected chi connectivity index (χ3v) is 8.97. The highest BCUT2D eigenvalue weighted by molar-refractivity contribution is 7.84. The third kappa shape index (κ3) is 6.94. The average Bonchev–Trinajstić information content (AvgIpc) is 3.33. The van der Waals surface area contributed by atoms with Crippen molar-refractivity contribution in [3.63, 3.8) is 0 Å². The van der Waals surface area contributed by atoms with Crippen LogP contribution in [0.5, 0.6) is 5.75 Å². The fraction of sp³-hybridized carbons (Fsp3) is 0.600. The number of halogens is 2. The van der Waals surface area contributed by atoms with Crippen LogP contribution < -0.4 is 9.46 Å². The number of nitrogens with zero attached hydrogens (tertiary/aromatic N) is 2. The highest BCUT2D eigenvalue weighted by Crippen LogP contribution is 2.40. The van der Waals surface area contributed by atoms with Crippen molar-refractivity contribution in [2.24, 2.45) is 11.8 Å². The van der Waals surface area contributed by atoms with Crippen LogP contribution in [0, 0.1) is 11.8 Å². The summed E-state index contributed by atoms with van der Waals surface area (Å²) in [6.45, 7) is 11.4. The molecule has 2 amide bonds. The van der Waals surface area contributed by atoms with Crippen LogP contribution in [0.15, 0.2) is 24.8 Å². The molecule has 0 saturated carbocycles. The van der Waals surface area contributed by atoms with Crippen LogP contribution >= 0.6 is 23.2 Å². The van der Waals surface area contributed by atoms with Gasteiger partial charge in [0.15, 0.2) is 0 Å². The number of nitrogens with one attached hydrogen (secondary N) is 1. The Hall–Kier alpha value is -1.81. The van der Waals surface area contributed by atoms with Gasteiger partial charge in [-0.05, 0) is 52.0 Å². The van der Waals surface area contributed by atoms with Gasteiger partial charge in [-0.1, -0.05) is 35.9 Å². The highest BCUT2D eigenvalue weighted by atomic mass is 35.5. The Labute approximate surface area is 225 Å². The number of rotatable bonds is 8. The number of piperidine rings is 1. The smallest absolute Gasteiger partial charge is 0.407 e. The lowest BCUT2D eigenvalue weighted by molar-refractivity contribution is -0.136. The predicted molar refractivity (Wildman–Crippen MR) is 143 cm³/mol. The molecule has 1 aromatic carbocycles. The summed E-state index contributed by atoms with van der Waals surface area (Å²) in [5.41, 5.74) is 0.765. The van der Waals surface area contributed by atoms with Gasteiger partial charge in [-0.2, -0.15) is 0 Å². The topological polar surface area (TPSA) is 99.2 Å². The van der Waals surface area contributed by atoms with E-state index in [1.54, 1.807) is 18.2 Å². The van der Waals surface area contributed by atoms with Gasteiger partial charge in [0.05, 0.1) is 37.7 Å². The number of ether oxygens (including phenoxy) is 1. The van der Waals surface area contributed by atoms with Gasteiger partial charge in [0.25, 0.3) is 0 Å². The molecular weight excluding hydrogens is 525 g/mol. The molecule has 8 nitrogen and oxygen atoms in total. The van der Waals surface area contributed by atoms with Crippen LogP contribution in [-0.2, 0) is 15.8 Å². The van der Waals surface area contributed by atoms with Crippen molar-refractivity contribution in [3.05, 3.63) is 40.4 Å². The molecule has 0 radical (unpaired) electrons. The highest BCUT2D eigenvalue weighted by Gasteiger charge is 2.38. The van der Waals surface area contributed by atoms with Crippen molar-refractivity contribution in [2.75, 3.05) is 32.8 Å². The molecule has 2 aliphatic heterocycles. The van der Waals surface area contributed by atoms with E-state index in [0.717, 1.165) is 5.56 Å². The first-order valence-electron chi connectivity index (χ1n) is 12.1. The number of benzene rings is 1. The number of hydrogen-bond donors (Lipinski definition) is 2. The van der Waals surface area contributed by atoms with E-state index in [0.29, 0.717) is 54.7 Å². The van der Waals surface area contributed by atoms with Crippen LogP contribution in [0.4, 0.5) is 4.79 Å². The summed E-state index contributed by atoms with van der Waals surface area (Å²) in [6, 6.07) is 3.09. The fourth-order valence-electron chi connectivity index (χ4n) is 4.61. The minimum atomic E-state index is -1.37. The molecule has 2 N–H and O–H groups in total. The SMILES string of the molecule is C=CCOc1cc(Cl)c(Cl)cc1[C@H](NS(=O)C(C)(C)C)C1CCN(C(=O)[C@H]2CCN(C(=O)O)C2)CC1. The second-order valence-electron chi connectivity index (χ2n) is 10.3. The van der Waals surface area contributed by atoms with Crippen molar-refractivity contribution in [3.8, 4) is 5.75 Å². The van der Waals surface area contributed by atoms with Crippen LogP contribution in [0.1, 0.15) is 51.6 Å². The Morgan fingerprint density at radius 3 is 2.36 bits per heavy atom. The van der Waals surface area contributed by atoms with Gasteiger partial charge in [0.2, 0.25) is 5.91 Å². The number of carbonyl (C=O) groups excluding carboxylic acids is 1. The van der Waals surface area contributed by atoms with Crippen LogP contribution in [0.25, 0.3) is 0 Å². The summed E-state index contributed by atoms with van der Waals surface area (Å²) >= 11 is 12.7. The minimum absolute atomic E-state index is 0.00419. The molecule has 11 heteroatoms. The zero-order valence-electron chi connectivity index (χ0n) is 21.0. The molecule has 2 fully saturated rings. The van der Waals surface area contributed by atoms with Crippen molar-refractivity contribution < 1.29 is 23.6 Å². The van der Waals surface area contributed by atoms with Crippen molar-refractivity contribution in [1.82, 2.24) is 14.5 Å². The number of carboxylic acid groups (broad SMARTS) is 1. The van der Waals surface area contributed by atoms with E-state index in [2.05, 4.69) is 11.3 Å². The van der Waals surface area contributed by atoms with Crippen LogP contribution in [0.2, 0.25) is 10.0 Å². The van der Waals surface area contributed by atoms with Gasteiger partial charge in [0, 0.05) is 37.8 Å². The Morgan fingerprint density at radius 2 is 1.81 bits per heavy atom. The molecule has 2 heterocycles. The summed E-state index contributed by atoms with van der Waals surface area (Å²) in [5.74, 6) is 0.312. The van der Waals surface area contributed by atoms with Gasteiger partial charge in [0.1, 0.15) is 12.4 Å². The van der Waals surface area contributed by atoms with Gasteiger partial charge >= 0.3 is 6.09 Å². The molecule has 2 aliphatic rings. The lowest BCUT2D eigenvalue weighted by Crippen LogP contribution is -2.46. The maximum atomic E-state index is 13.2. The average molecular weight is 561 g/mol. The number of carbonyl (C=O) groups is 2. The van der Waals surface area contributed by atoms with Gasteiger partial charge in [-0.15, -0.1) is 0 Å². The standard InChI is InChI=1S/C25H35Cl2N3O5S/c1-5-12-35-21-14-20(27)19(26)13-18(21)22(28-36(34)25(2,3)4)16-6-9-29(10-7-16)23(31)17-8-11-30(15-17)24(32)33/h5,13-14,16-17,22,28H,1,6-12,15H2,2-4H3,(H,32,33)/t17-,22+,36?/m0/s1. The summed E-state index contributed by atoms with van der Waals surface area (Å²) in [5, 5.41) is 9.95. The number of hydrogen-bond acceptors (Lipinski definition) is 4. The fourth-order valence-corrected chi connectivity index (χ4v) is 5.84. The maximum absolute atomic E-state index is 13.2. The maximum Gasteiger partial charge on any atom is 0.407 e. The van der Waals surface area contributed by atoms with E-state index in [1.165, 1.54) is 4.90 Å². The molecule has 0 aromatic heterocycles. The first kappa shape index (κ1) is 28.8. The molecule has 3 rings (SSSR count). The molecule has 0 aliphatic carbocycles. The molecule has 1 aromatic rings. The Morgan fingerprint density at radius 1 is 1.19 bits per heavy atom. The Bertz CT molecular complexity index is 1010. The van der Waals surface area contributed by atoms with Gasteiger partial charge in [-0.25, -0.2) is 13.7 Å². The monoisotopic (exact) mass is 559 g/mol. The summed E-state index contributed by atoms with van der Waals surface area (Å²) in [4.78, 5) is 27.4. The molecule has 200 valence electrons. The molecule has 36 heavy (non-hydrogen) atoms. The summed E-state index contributed by atoms with van der Waals surface area (Å²) < 4.78 is 21.9. The molecule has 0 spiro atoms. The Balaban J connectivity index is 1.81. The van der Waals surface area contributed by atoms with Crippen molar-refractivity contribution in [2.45, 2.75) is 50.8 Å². The molecule has 1 unspecified atom stereocenters. The summed E-state index contributed by atoms with van der Waals surface area (Å²) in [7, 11) is -1.37. The zero-order chi connectivity index (χ0) is 26.6. The van der Waals surface area contributed by atoms with Gasteiger partial charge in [-0.3, -0.25) is 4.79 Å². The van der Waals surface area contributed by atoms with Crippen LogP contribution in [0.3, 0.4) is 0 Å². The Kier molecular flexibility index (Phi) is 9.71. The van der Waals surface area contributed by atoms with E-state index < -0.39 is 21.8 Å². The molecular formula is C25H35Cl2N3O5S. The number of likely N-dealkylation sites (tertiary alicyclic amines) is 2. The first-order chi connectivity index (χ1) is 16.9. The second-order valence-corrected chi connectivity index (χ2v) is 13.1. The summed E-state index contributed by atoms with van der Waals surface area (Å²) in [6.07, 6.45) is 2.57. The predicted octanol–water partition coefficient (Wildman–Crippen LogP) is 4.89. The zero-order valence-corrected chi connectivity index (χ0v) is 23.3. The van der Waals surface area contributed by atoms with E-state index in [9.17, 15) is 18.9 Å². The quantitative estimate of drug-likeness (QED) is 0.442. The molecule has 0 bridgehead atoms. The lowest BCUT2D eigenvalue weighted by Gasteiger charge is -2.38. The lowest BCUT2D eigenvalue weighted by atomic mass is 9.85. The van der Waals surface area contributed by atoms with Crippen molar-refractivity contribution >= 4 is 46.2 Å². The first-order valence-corrected chi connectivity index (χ1v) is 14.0. The normalized spacial score (nSPS) is 20.8. The van der Waals surface area contributed by atoms with Crippen LogP contribution in [-0.4, -0.2) is 68.6 Å². The largest absolute Gasteiger partial charge is 0.489 e. The minimum Gasteiger partial charge on any atom is -0.489 e. The van der Waals surface area contributed by atoms with Crippen molar-refractivity contribution in [1.29, 1.82) is 0 Å². The van der Waals surface area contributed by atoms with E-state index in [-0.39, 0.29) is 36.9 Å². The van der Waals surface area contributed by atoms with E-state index in [4.69, 9.17) is 27.9 Å². The van der Waals surface area contributed by atoms with E-state index >= 15 is 0 Å². The van der Waals surface area contributed by atoms with Gasteiger partial charge < -0.3 is 19.6 Å². The van der Waals surface area contributed by atoms with E-state index in [1.807, 2.05) is 25.7 Å². The third-order valence-electron chi connectivity index (χ3n) is 6.67.